The molecule has 0 unspecified atom stereocenters. The zero-order valence-corrected chi connectivity index (χ0v) is 26.8. The minimum absolute atomic E-state index is 0.103. The van der Waals surface area contributed by atoms with Gasteiger partial charge in [-0.15, -0.1) is 0 Å². The van der Waals surface area contributed by atoms with Gasteiger partial charge >= 0.3 is 0 Å². The number of fused-ring (bicyclic) bond motifs is 1. The van der Waals surface area contributed by atoms with Crippen molar-refractivity contribution in [2.45, 2.75) is 53.0 Å². The summed E-state index contributed by atoms with van der Waals surface area (Å²) in [6.07, 6.45) is -0.0179. The maximum absolute atomic E-state index is 14.3. The number of hydrogen-bond acceptors (Lipinski definition) is 4. The molecule has 3 aromatic carbocycles. The molecule has 0 bridgehead atoms. The Hall–Kier alpha value is -3.69. The Morgan fingerprint density at radius 1 is 1.09 bits per heavy atom. The molecule has 2 N–H and O–H groups in total. The number of benzene rings is 3. The van der Waals surface area contributed by atoms with Gasteiger partial charge in [-0.05, 0) is 53.9 Å². The quantitative estimate of drug-likeness (QED) is 0.218. The van der Waals surface area contributed by atoms with Gasteiger partial charge in [-0.25, -0.2) is 13.8 Å². The number of nitrogens with one attached hydrogen (secondary N) is 2. The van der Waals surface area contributed by atoms with Gasteiger partial charge in [0.2, 0.25) is 5.91 Å². The molecule has 4 aromatic rings. The fourth-order valence-corrected chi connectivity index (χ4v) is 5.86. The molecule has 0 aliphatic carbocycles. The molecular formula is C33H35Cl2F2N5O2. The topological polar surface area (TPSA) is 79.3 Å². The zero-order valence-electron chi connectivity index (χ0n) is 25.3. The number of aromatic nitrogens is 2. The first kappa shape index (κ1) is 31.7. The van der Waals surface area contributed by atoms with Crippen molar-refractivity contribution in [2.24, 2.45) is 12.5 Å². The van der Waals surface area contributed by atoms with E-state index in [1.807, 2.05) is 57.5 Å². The largest absolute Gasteiger partial charge is 0.365 e. The summed E-state index contributed by atoms with van der Waals surface area (Å²) in [5.74, 6) is -2.74. The van der Waals surface area contributed by atoms with E-state index in [-0.39, 0.29) is 37.4 Å². The predicted octanol–water partition coefficient (Wildman–Crippen LogP) is 7.54. The lowest BCUT2D eigenvalue weighted by atomic mass is 9.95. The Bertz CT molecular complexity index is 1760. The number of carbonyl (C=O) groups excluding carboxylic acids is 2. The lowest BCUT2D eigenvalue weighted by Gasteiger charge is -2.22. The summed E-state index contributed by atoms with van der Waals surface area (Å²) in [5.41, 5.74) is 4.29. The third kappa shape index (κ3) is 6.69. The highest BCUT2D eigenvalue weighted by molar-refractivity contribution is 6.36. The Kier molecular flexibility index (Phi) is 8.66. The first-order valence-corrected chi connectivity index (χ1v) is 15.1. The van der Waals surface area contributed by atoms with Crippen LogP contribution in [-0.4, -0.2) is 40.4 Å². The van der Waals surface area contributed by atoms with Crippen LogP contribution in [0.25, 0.3) is 11.0 Å². The van der Waals surface area contributed by atoms with Crippen molar-refractivity contribution in [1.29, 1.82) is 0 Å². The van der Waals surface area contributed by atoms with Crippen molar-refractivity contribution in [1.82, 2.24) is 14.9 Å². The van der Waals surface area contributed by atoms with Crippen LogP contribution in [0.5, 0.6) is 0 Å². The summed E-state index contributed by atoms with van der Waals surface area (Å²) in [6.45, 7) is 7.31. The van der Waals surface area contributed by atoms with Gasteiger partial charge in [-0.1, -0.05) is 62.2 Å². The standard InChI is InChI=1S/C33H35Cl2F2N5O2/c1-19-7-6-8-21(13-19)39-30(43)23-14-25-27(16-26(23)42-12-11-33(36,37)18-42)41(5)28(40-25)15-22-24(34)10-9-20(29(22)35)17-38-31(44)32(2,3)4/h6-10,13-14,16H,11-12,15,17-18H2,1-5H3,(H,38,44)(H,39,43). The van der Waals surface area contributed by atoms with Gasteiger partial charge in [0.1, 0.15) is 5.82 Å². The van der Waals surface area contributed by atoms with Crippen molar-refractivity contribution in [2.75, 3.05) is 23.3 Å². The smallest absolute Gasteiger partial charge is 0.266 e. The second-order valence-electron chi connectivity index (χ2n) is 12.4. The van der Waals surface area contributed by atoms with Crippen molar-refractivity contribution in [3.63, 3.8) is 0 Å². The first-order chi connectivity index (χ1) is 20.6. The van der Waals surface area contributed by atoms with E-state index in [4.69, 9.17) is 28.2 Å². The number of halogens is 4. The molecule has 44 heavy (non-hydrogen) atoms. The monoisotopic (exact) mass is 641 g/mol. The summed E-state index contributed by atoms with van der Waals surface area (Å²) >= 11 is 13.4. The van der Waals surface area contributed by atoms with Gasteiger partial charge in [-0.3, -0.25) is 9.59 Å². The maximum atomic E-state index is 14.3. The minimum Gasteiger partial charge on any atom is -0.365 e. The molecule has 0 atom stereocenters. The lowest BCUT2D eigenvalue weighted by Crippen LogP contribution is -2.34. The van der Waals surface area contributed by atoms with Crippen LogP contribution in [0.15, 0.2) is 48.5 Å². The van der Waals surface area contributed by atoms with E-state index >= 15 is 0 Å². The SMILES string of the molecule is Cc1cccc(NC(=O)c2cc3nc(Cc4c(Cl)ccc(CNC(=O)C(C)(C)C)c4Cl)n(C)c3cc2N2CCC(F)(F)C2)c1. The number of aryl methyl sites for hydroxylation is 2. The molecule has 232 valence electrons. The third-order valence-corrected chi connectivity index (χ3v) is 8.67. The summed E-state index contributed by atoms with van der Waals surface area (Å²) in [4.78, 5) is 32.4. The Balaban J connectivity index is 1.51. The summed E-state index contributed by atoms with van der Waals surface area (Å²) < 4.78 is 30.5. The highest BCUT2D eigenvalue weighted by Gasteiger charge is 2.39. The number of amides is 2. The average Bonchev–Trinajstić information content (AvgIpc) is 3.46. The van der Waals surface area contributed by atoms with Crippen molar-refractivity contribution >= 4 is 57.4 Å². The molecule has 1 aromatic heterocycles. The van der Waals surface area contributed by atoms with Crippen LogP contribution in [0.1, 0.15) is 60.1 Å². The molecule has 7 nitrogen and oxygen atoms in total. The fraction of sp³-hybridized carbons (Fsp3) is 0.364. The summed E-state index contributed by atoms with van der Waals surface area (Å²) in [5, 5.41) is 6.70. The van der Waals surface area contributed by atoms with E-state index in [0.29, 0.717) is 43.8 Å². The van der Waals surface area contributed by atoms with Gasteiger partial charge in [0.15, 0.2) is 0 Å². The number of imidazole rings is 1. The van der Waals surface area contributed by atoms with E-state index < -0.39 is 23.8 Å². The van der Waals surface area contributed by atoms with E-state index in [2.05, 4.69) is 10.6 Å². The predicted molar refractivity (Wildman–Crippen MR) is 172 cm³/mol. The average molecular weight is 643 g/mol. The van der Waals surface area contributed by atoms with Crippen molar-refractivity contribution in [3.05, 3.63) is 86.7 Å². The van der Waals surface area contributed by atoms with E-state index in [0.717, 1.165) is 11.1 Å². The van der Waals surface area contributed by atoms with Crippen LogP contribution < -0.4 is 15.5 Å². The Labute approximate surface area is 265 Å². The zero-order chi connectivity index (χ0) is 32.0. The molecular weight excluding hydrogens is 607 g/mol. The molecule has 5 rings (SSSR count). The highest BCUT2D eigenvalue weighted by Crippen LogP contribution is 2.36. The van der Waals surface area contributed by atoms with Crippen LogP contribution in [-0.2, 0) is 24.8 Å². The van der Waals surface area contributed by atoms with Crippen LogP contribution in [0.4, 0.5) is 20.2 Å². The molecule has 11 heteroatoms. The maximum Gasteiger partial charge on any atom is 0.266 e. The molecule has 0 saturated carbocycles. The van der Waals surface area contributed by atoms with Crippen LogP contribution in [0.2, 0.25) is 10.0 Å². The van der Waals surface area contributed by atoms with E-state index in [1.165, 1.54) is 0 Å². The van der Waals surface area contributed by atoms with Gasteiger partial charge < -0.3 is 20.1 Å². The van der Waals surface area contributed by atoms with Crippen molar-refractivity contribution < 1.29 is 18.4 Å². The van der Waals surface area contributed by atoms with Crippen molar-refractivity contribution in [3.8, 4) is 0 Å². The van der Waals surface area contributed by atoms with E-state index in [9.17, 15) is 18.4 Å². The highest BCUT2D eigenvalue weighted by atomic mass is 35.5. The number of carbonyl (C=O) groups is 2. The fourth-order valence-electron chi connectivity index (χ4n) is 5.28. The van der Waals surface area contributed by atoms with Gasteiger partial charge in [-0.2, -0.15) is 0 Å². The van der Waals surface area contributed by atoms with Gasteiger partial charge in [0.25, 0.3) is 11.8 Å². The molecule has 1 aliphatic rings. The summed E-state index contributed by atoms with van der Waals surface area (Å²) in [6, 6.07) is 14.3. The third-order valence-electron chi connectivity index (χ3n) is 7.84. The number of rotatable bonds is 7. The molecule has 2 heterocycles. The molecule has 0 radical (unpaired) electrons. The number of anilines is 2. The Morgan fingerprint density at radius 2 is 1.84 bits per heavy atom. The number of hydrogen-bond donors (Lipinski definition) is 2. The lowest BCUT2D eigenvalue weighted by molar-refractivity contribution is -0.128. The Morgan fingerprint density at radius 3 is 2.50 bits per heavy atom. The molecule has 0 spiro atoms. The van der Waals surface area contributed by atoms with E-state index in [1.54, 1.807) is 35.2 Å². The van der Waals surface area contributed by atoms with Crippen LogP contribution in [0, 0.1) is 12.3 Å². The van der Waals surface area contributed by atoms with Gasteiger partial charge in [0, 0.05) is 49.1 Å². The molecule has 1 aliphatic heterocycles. The number of nitrogens with zero attached hydrogens (tertiary/aromatic N) is 3. The second kappa shape index (κ2) is 12.0. The van der Waals surface area contributed by atoms with Gasteiger partial charge in [0.05, 0.1) is 33.9 Å². The minimum atomic E-state index is -2.85. The first-order valence-electron chi connectivity index (χ1n) is 14.4. The molecule has 1 fully saturated rings. The second-order valence-corrected chi connectivity index (χ2v) is 13.2. The van der Waals surface area contributed by atoms with Crippen LogP contribution >= 0.6 is 23.2 Å². The van der Waals surface area contributed by atoms with Crippen LogP contribution in [0.3, 0.4) is 0 Å². The molecule has 2 amide bonds. The number of alkyl halides is 2. The molecule has 1 saturated heterocycles. The summed E-state index contributed by atoms with van der Waals surface area (Å²) in [7, 11) is 1.83. The normalized spacial score (nSPS) is 14.7.